The van der Waals surface area contributed by atoms with Gasteiger partial charge in [0.05, 0.1) is 6.04 Å². The fourth-order valence-corrected chi connectivity index (χ4v) is 4.09. The lowest BCUT2D eigenvalue weighted by Crippen LogP contribution is -2.39. The van der Waals surface area contributed by atoms with Crippen molar-refractivity contribution in [3.63, 3.8) is 0 Å². The topological polar surface area (TPSA) is 54.7 Å². The number of amides is 1. The fourth-order valence-electron chi connectivity index (χ4n) is 3.37. The average molecular weight is 357 g/mol. The highest BCUT2D eigenvalue weighted by molar-refractivity contribution is 7.15. The zero-order valence-electron chi connectivity index (χ0n) is 13.4. The molecule has 1 aromatic carbocycles. The average Bonchev–Trinajstić information content (AvgIpc) is 3.09. The largest absolute Gasteiger partial charge is 0.330 e. The van der Waals surface area contributed by atoms with Gasteiger partial charge in [-0.3, -0.25) is 14.0 Å². The Bertz CT molecular complexity index is 980. The van der Waals surface area contributed by atoms with Gasteiger partial charge in [0.1, 0.15) is 11.5 Å². The monoisotopic (exact) mass is 357 g/mol. The van der Waals surface area contributed by atoms with Gasteiger partial charge >= 0.3 is 0 Å². The lowest BCUT2D eigenvalue weighted by Gasteiger charge is -2.36. The summed E-state index contributed by atoms with van der Waals surface area (Å²) in [5.41, 5.74) is 0.823. The summed E-state index contributed by atoms with van der Waals surface area (Å²) in [6, 6.07) is 7.47. The highest BCUT2D eigenvalue weighted by atomic mass is 32.1. The van der Waals surface area contributed by atoms with Crippen LogP contribution in [0, 0.1) is 5.82 Å². The second-order valence-electron chi connectivity index (χ2n) is 6.10. The van der Waals surface area contributed by atoms with E-state index in [1.54, 1.807) is 33.0 Å². The van der Waals surface area contributed by atoms with Crippen LogP contribution in [0.3, 0.4) is 0 Å². The molecule has 0 bridgehead atoms. The van der Waals surface area contributed by atoms with Crippen LogP contribution < -0.4 is 5.56 Å². The van der Waals surface area contributed by atoms with E-state index < -0.39 is 5.56 Å². The summed E-state index contributed by atoms with van der Waals surface area (Å²) >= 11 is 1.32. The van der Waals surface area contributed by atoms with Gasteiger partial charge in [0.2, 0.25) is 0 Å². The van der Waals surface area contributed by atoms with Crippen LogP contribution in [-0.2, 0) is 0 Å². The van der Waals surface area contributed by atoms with Gasteiger partial charge in [-0.15, -0.1) is 11.3 Å². The highest BCUT2D eigenvalue weighted by Crippen LogP contribution is 2.32. The van der Waals surface area contributed by atoms with Gasteiger partial charge in [-0.25, -0.2) is 4.39 Å². The molecule has 2 aromatic heterocycles. The van der Waals surface area contributed by atoms with Crippen LogP contribution in [0.15, 0.2) is 46.7 Å². The molecule has 5 nitrogen and oxygen atoms in total. The van der Waals surface area contributed by atoms with Crippen molar-refractivity contribution < 1.29 is 9.18 Å². The number of fused-ring (bicyclic) bond motifs is 1. The minimum atomic E-state index is -0.416. The molecule has 0 spiro atoms. The van der Waals surface area contributed by atoms with Crippen molar-refractivity contribution in [3.8, 4) is 0 Å². The summed E-state index contributed by atoms with van der Waals surface area (Å²) in [5.74, 6) is -0.486. The van der Waals surface area contributed by atoms with Crippen molar-refractivity contribution in [2.24, 2.45) is 0 Å². The third-order valence-electron chi connectivity index (χ3n) is 4.55. The molecule has 1 aliphatic heterocycles. The van der Waals surface area contributed by atoms with Gasteiger partial charge in [0, 0.05) is 24.2 Å². The first kappa shape index (κ1) is 16.0. The standard InChI is InChI=1S/C18H16FN3O2S/c19-13-6-4-12(5-7-13)14-3-1-2-8-21(14)17(24)15-11-16(23)20-18-22(15)9-10-25-18/h4-7,9-11,14H,1-3,8H2. The minimum absolute atomic E-state index is 0.112. The van der Waals surface area contributed by atoms with Gasteiger partial charge in [0.15, 0.2) is 4.96 Å². The van der Waals surface area contributed by atoms with E-state index in [-0.39, 0.29) is 17.8 Å². The first-order valence-electron chi connectivity index (χ1n) is 8.17. The van der Waals surface area contributed by atoms with Crippen LogP contribution in [0.5, 0.6) is 0 Å². The van der Waals surface area contributed by atoms with Crippen LogP contribution in [0.2, 0.25) is 0 Å². The summed E-state index contributed by atoms with van der Waals surface area (Å²) < 4.78 is 14.9. The number of hydrogen-bond donors (Lipinski definition) is 0. The quantitative estimate of drug-likeness (QED) is 0.707. The predicted octanol–water partition coefficient (Wildman–Crippen LogP) is 3.26. The van der Waals surface area contributed by atoms with Crippen LogP contribution >= 0.6 is 11.3 Å². The molecule has 4 rings (SSSR count). The lowest BCUT2D eigenvalue weighted by atomic mass is 9.95. The van der Waals surface area contributed by atoms with Crippen molar-refractivity contribution in [2.75, 3.05) is 6.54 Å². The van der Waals surface area contributed by atoms with Gasteiger partial charge in [-0.05, 0) is 37.0 Å². The zero-order chi connectivity index (χ0) is 17.4. The van der Waals surface area contributed by atoms with Crippen LogP contribution in [-0.4, -0.2) is 26.7 Å². The van der Waals surface area contributed by atoms with E-state index in [4.69, 9.17) is 0 Å². The van der Waals surface area contributed by atoms with Crippen molar-refractivity contribution in [3.05, 3.63) is 69.3 Å². The number of carbonyl (C=O) groups excluding carboxylic acids is 1. The predicted molar refractivity (Wildman–Crippen MR) is 93.4 cm³/mol. The molecule has 1 unspecified atom stereocenters. The molecule has 3 heterocycles. The molecule has 0 aliphatic carbocycles. The number of hydrogen-bond acceptors (Lipinski definition) is 4. The molecule has 1 amide bonds. The molecule has 1 aliphatic rings. The number of halogens is 1. The number of nitrogens with zero attached hydrogens (tertiary/aromatic N) is 3. The molecule has 0 radical (unpaired) electrons. The molecule has 0 N–H and O–H groups in total. The summed E-state index contributed by atoms with van der Waals surface area (Å²) in [4.78, 5) is 31.2. The number of thiazole rings is 1. The Morgan fingerprint density at radius 3 is 2.84 bits per heavy atom. The number of piperidine rings is 1. The second-order valence-corrected chi connectivity index (χ2v) is 6.97. The van der Waals surface area contributed by atoms with Crippen molar-refractivity contribution in [1.29, 1.82) is 0 Å². The van der Waals surface area contributed by atoms with E-state index >= 15 is 0 Å². The summed E-state index contributed by atoms with van der Waals surface area (Å²) in [7, 11) is 0. The summed E-state index contributed by atoms with van der Waals surface area (Å²) in [6.45, 7) is 0.615. The lowest BCUT2D eigenvalue weighted by molar-refractivity contribution is 0.0603. The zero-order valence-corrected chi connectivity index (χ0v) is 14.2. The molecular weight excluding hydrogens is 341 g/mol. The Kier molecular flexibility index (Phi) is 4.09. The van der Waals surface area contributed by atoms with E-state index in [0.29, 0.717) is 17.2 Å². The number of carbonyl (C=O) groups is 1. The third kappa shape index (κ3) is 2.95. The van der Waals surface area contributed by atoms with Crippen LogP contribution in [0.1, 0.15) is 41.4 Å². The first-order chi connectivity index (χ1) is 12.1. The molecule has 0 saturated carbocycles. The summed E-state index contributed by atoms with van der Waals surface area (Å²) in [6.07, 6.45) is 4.49. The SMILES string of the molecule is O=C(c1cc(=O)nc2sccn12)N1CCCCC1c1ccc(F)cc1. The van der Waals surface area contributed by atoms with E-state index in [1.807, 2.05) is 0 Å². The number of rotatable bonds is 2. The van der Waals surface area contributed by atoms with Crippen molar-refractivity contribution in [2.45, 2.75) is 25.3 Å². The van der Waals surface area contributed by atoms with Gasteiger partial charge < -0.3 is 4.90 Å². The number of likely N-dealkylation sites (tertiary alicyclic amines) is 1. The Morgan fingerprint density at radius 2 is 2.04 bits per heavy atom. The smallest absolute Gasteiger partial charge is 0.274 e. The van der Waals surface area contributed by atoms with E-state index in [2.05, 4.69) is 4.98 Å². The molecule has 128 valence electrons. The van der Waals surface area contributed by atoms with E-state index in [0.717, 1.165) is 24.8 Å². The molecule has 1 atom stereocenters. The maximum atomic E-state index is 13.2. The maximum Gasteiger partial charge on any atom is 0.274 e. The molecule has 25 heavy (non-hydrogen) atoms. The fraction of sp³-hybridized carbons (Fsp3) is 0.278. The highest BCUT2D eigenvalue weighted by Gasteiger charge is 2.30. The normalized spacial score (nSPS) is 17.8. The molecule has 1 saturated heterocycles. The Morgan fingerprint density at radius 1 is 1.24 bits per heavy atom. The number of benzene rings is 1. The van der Waals surface area contributed by atoms with Crippen molar-refractivity contribution >= 4 is 22.2 Å². The molecule has 3 aromatic rings. The van der Waals surface area contributed by atoms with Gasteiger partial charge in [-0.1, -0.05) is 12.1 Å². The molecule has 7 heteroatoms. The second kappa shape index (κ2) is 6.40. The Balaban J connectivity index is 1.74. The van der Waals surface area contributed by atoms with Gasteiger partial charge in [-0.2, -0.15) is 4.98 Å². The van der Waals surface area contributed by atoms with E-state index in [9.17, 15) is 14.0 Å². The van der Waals surface area contributed by atoms with E-state index in [1.165, 1.54) is 29.5 Å². The van der Waals surface area contributed by atoms with Gasteiger partial charge in [0.25, 0.3) is 11.5 Å². The Labute approximate surface area is 147 Å². The first-order valence-corrected chi connectivity index (χ1v) is 9.05. The number of aromatic nitrogens is 2. The third-order valence-corrected chi connectivity index (χ3v) is 5.31. The Hall–Kier alpha value is -2.54. The molecule has 1 fully saturated rings. The molecular formula is C18H16FN3O2S. The van der Waals surface area contributed by atoms with Crippen LogP contribution in [0.25, 0.3) is 4.96 Å². The summed E-state index contributed by atoms with van der Waals surface area (Å²) in [5, 5.41) is 1.80. The van der Waals surface area contributed by atoms with Crippen molar-refractivity contribution in [1.82, 2.24) is 14.3 Å². The minimum Gasteiger partial charge on any atom is -0.330 e. The van der Waals surface area contributed by atoms with Crippen LogP contribution in [0.4, 0.5) is 4.39 Å². The maximum absolute atomic E-state index is 13.2.